The second kappa shape index (κ2) is 6.53. The van der Waals surface area contributed by atoms with Crippen LogP contribution in [0.4, 0.5) is 0 Å². The number of aromatic nitrogens is 1. The largest absolute Gasteiger partial charge is 0.390 e. The summed E-state index contributed by atoms with van der Waals surface area (Å²) in [5.41, 5.74) is 0.777. The van der Waals surface area contributed by atoms with Crippen LogP contribution in [0.5, 0.6) is 0 Å². The smallest absolute Gasteiger partial charge is 0.223 e. The van der Waals surface area contributed by atoms with Gasteiger partial charge < -0.3 is 10.0 Å². The lowest BCUT2D eigenvalue weighted by atomic mass is 9.47. The molecular weight excluding hydrogens is 358 g/mol. The maximum atomic E-state index is 13.1. The molecule has 0 spiro atoms. The molecule has 27 heavy (non-hydrogen) atoms. The first-order valence-electron chi connectivity index (χ1n) is 10.5. The van der Waals surface area contributed by atoms with E-state index >= 15 is 0 Å². The molecule has 6 heteroatoms. The van der Waals surface area contributed by atoms with E-state index in [1.807, 2.05) is 6.92 Å². The van der Waals surface area contributed by atoms with Gasteiger partial charge >= 0.3 is 0 Å². The van der Waals surface area contributed by atoms with E-state index in [9.17, 15) is 9.90 Å². The molecule has 1 aromatic heterocycles. The van der Waals surface area contributed by atoms with Crippen LogP contribution in [0.3, 0.4) is 0 Å². The number of hydrogen-bond donors (Lipinski definition) is 1. The molecule has 6 rings (SSSR count). The Kier molecular flexibility index (Phi) is 4.37. The van der Waals surface area contributed by atoms with Crippen molar-refractivity contribution in [2.24, 2.45) is 17.3 Å². The third-order valence-corrected chi connectivity index (χ3v) is 8.28. The summed E-state index contributed by atoms with van der Waals surface area (Å²) >= 11 is 1.71. The van der Waals surface area contributed by atoms with Gasteiger partial charge in [0.25, 0.3) is 0 Å². The summed E-state index contributed by atoms with van der Waals surface area (Å²) in [6.45, 7) is 6.47. The monoisotopic (exact) mass is 389 g/mol. The van der Waals surface area contributed by atoms with Crippen molar-refractivity contribution in [1.29, 1.82) is 0 Å². The SMILES string of the molecule is Cc1nc(CN2CCN(C(=O)CC34C[C@@H]5C[C@H](CC(O)(C5)C3)C4)CC2)cs1. The van der Waals surface area contributed by atoms with Crippen molar-refractivity contribution >= 4 is 17.2 Å². The first-order chi connectivity index (χ1) is 12.9. The Balaban J connectivity index is 1.17. The van der Waals surface area contributed by atoms with Crippen molar-refractivity contribution in [3.8, 4) is 0 Å². The first-order valence-corrected chi connectivity index (χ1v) is 11.4. The third kappa shape index (κ3) is 3.56. The van der Waals surface area contributed by atoms with Crippen LogP contribution in [-0.4, -0.2) is 57.6 Å². The molecule has 2 atom stereocenters. The van der Waals surface area contributed by atoms with Crippen LogP contribution in [0.25, 0.3) is 0 Å². The summed E-state index contributed by atoms with van der Waals surface area (Å²) in [6, 6.07) is 0. The van der Waals surface area contributed by atoms with E-state index in [2.05, 4.69) is 20.2 Å². The molecular formula is C21H31N3O2S. The molecule has 1 amide bonds. The number of carbonyl (C=O) groups excluding carboxylic acids is 1. The van der Waals surface area contributed by atoms with Gasteiger partial charge in [-0.15, -0.1) is 11.3 Å². The number of hydrogen-bond acceptors (Lipinski definition) is 5. The van der Waals surface area contributed by atoms with Gasteiger partial charge in [-0.2, -0.15) is 0 Å². The number of nitrogens with zero attached hydrogens (tertiary/aromatic N) is 3. The molecule has 1 saturated heterocycles. The summed E-state index contributed by atoms with van der Waals surface area (Å²) in [7, 11) is 0. The second-order valence-corrected chi connectivity index (χ2v) is 10.9. The molecule has 148 valence electrons. The summed E-state index contributed by atoms with van der Waals surface area (Å²) in [4.78, 5) is 22.1. The van der Waals surface area contributed by atoms with Crippen LogP contribution in [-0.2, 0) is 11.3 Å². The molecule has 0 unspecified atom stereocenters. The number of aryl methyl sites for hydroxylation is 1. The summed E-state index contributed by atoms with van der Waals surface area (Å²) in [6.07, 6.45) is 7.10. The van der Waals surface area contributed by atoms with E-state index in [0.717, 1.165) is 62.7 Å². The Morgan fingerprint density at radius 2 is 1.93 bits per heavy atom. The molecule has 5 aliphatic rings. The van der Waals surface area contributed by atoms with Gasteiger partial charge in [0.2, 0.25) is 5.91 Å². The van der Waals surface area contributed by atoms with E-state index in [1.165, 1.54) is 19.3 Å². The van der Waals surface area contributed by atoms with Crippen LogP contribution >= 0.6 is 11.3 Å². The molecule has 4 aliphatic carbocycles. The van der Waals surface area contributed by atoms with Crippen LogP contribution in [0.2, 0.25) is 0 Å². The van der Waals surface area contributed by atoms with Crippen molar-refractivity contribution in [3.63, 3.8) is 0 Å². The van der Waals surface area contributed by atoms with Gasteiger partial charge in [-0.05, 0) is 62.7 Å². The second-order valence-electron chi connectivity index (χ2n) is 9.88. The highest BCUT2D eigenvalue weighted by molar-refractivity contribution is 7.09. The van der Waals surface area contributed by atoms with Crippen molar-refractivity contribution in [3.05, 3.63) is 16.1 Å². The number of thiazole rings is 1. The fraction of sp³-hybridized carbons (Fsp3) is 0.810. The van der Waals surface area contributed by atoms with Gasteiger partial charge in [-0.1, -0.05) is 0 Å². The highest BCUT2D eigenvalue weighted by atomic mass is 32.1. The lowest BCUT2D eigenvalue weighted by molar-refractivity contribution is -0.172. The van der Waals surface area contributed by atoms with Gasteiger partial charge in [-0.25, -0.2) is 4.98 Å². The van der Waals surface area contributed by atoms with Gasteiger partial charge in [0.05, 0.1) is 16.3 Å². The Labute approximate surface area is 165 Å². The van der Waals surface area contributed by atoms with E-state index in [1.54, 1.807) is 11.3 Å². The molecule has 2 heterocycles. The molecule has 4 saturated carbocycles. The summed E-state index contributed by atoms with van der Waals surface area (Å²) in [5.74, 6) is 1.63. The average molecular weight is 390 g/mol. The maximum absolute atomic E-state index is 13.1. The number of carbonyl (C=O) groups is 1. The highest BCUT2D eigenvalue weighted by Gasteiger charge is 2.57. The van der Waals surface area contributed by atoms with Crippen LogP contribution in [0, 0.1) is 24.2 Å². The summed E-state index contributed by atoms with van der Waals surface area (Å²) in [5, 5.41) is 14.2. The molecule has 0 radical (unpaired) electrons. The van der Waals surface area contributed by atoms with Crippen LogP contribution in [0.15, 0.2) is 5.38 Å². The molecule has 1 N–H and O–H groups in total. The molecule has 5 nitrogen and oxygen atoms in total. The highest BCUT2D eigenvalue weighted by Crippen LogP contribution is 2.62. The predicted molar refractivity (Wildman–Crippen MR) is 105 cm³/mol. The quantitative estimate of drug-likeness (QED) is 0.860. The lowest BCUT2D eigenvalue weighted by Crippen LogP contribution is -2.57. The number of rotatable bonds is 4. The fourth-order valence-corrected chi connectivity index (χ4v) is 7.51. The Hall–Kier alpha value is -0.980. The maximum Gasteiger partial charge on any atom is 0.223 e. The standard InChI is InChI=1S/C21H31N3O2S/c1-15-22-18(13-27-15)12-23-2-4-24(5-3-23)19(25)11-20-7-16-6-17(8-20)10-21(26,9-16)14-20/h13,16-17,26H,2-12,14H2,1H3/t16-,17-,20?,21?/m0/s1. The number of amides is 1. The molecule has 0 aromatic carbocycles. The number of aliphatic hydroxyl groups is 1. The topological polar surface area (TPSA) is 56.7 Å². The van der Waals surface area contributed by atoms with Crippen LogP contribution in [0.1, 0.15) is 55.6 Å². The molecule has 5 fully saturated rings. The van der Waals surface area contributed by atoms with Gasteiger partial charge in [0, 0.05) is 44.5 Å². The van der Waals surface area contributed by atoms with Crippen LogP contribution < -0.4 is 0 Å². The molecule has 1 aromatic rings. The zero-order valence-corrected chi connectivity index (χ0v) is 17.1. The van der Waals surface area contributed by atoms with Gasteiger partial charge in [0.1, 0.15) is 0 Å². The van der Waals surface area contributed by atoms with Gasteiger partial charge in [0.15, 0.2) is 0 Å². The third-order valence-electron chi connectivity index (χ3n) is 7.45. The van der Waals surface area contributed by atoms with E-state index in [4.69, 9.17) is 0 Å². The Bertz CT molecular complexity index is 711. The Morgan fingerprint density at radius 3 is 2.52 bits per heavy atom. The van der Waals surface area contributed by atoms with E-state index in [0.29, 0.717) is 24.2 Å². The molecule has 1 aliphatic heterocycles. The van der Waals surface area contributed by atoms with Crippen molar-refractivity contribution < 1.29 is 9.90 Å². The minimum absolute atomic E-state index is 0.0885. The minimum atomic E-state index is -0.464. The van der Waals surface area contributed by atoms with E-state index < -0.39 is 5.60 Å². The van der Waals surface area contributed by atoms with Crippen molar-refractivity contribution in [2.45, 2.75) is 64.0 Å². The van der Waals surface area contributed by atoms with Gasteiger partial charge in [-0.3, -0.25) is 9.69 Å². The fourth-order valence-electron chi connectivity index (χ4n) is 6.91. The predicted octanol–water partition coefficient (Wildman–Crippen LogP) is 2.82. The zero-order chi connectivity index (χ0) is 18.6. The van der Waals surface area contributed by atoms with Crippen molar-refractivity contribution in [1.82, 2.24) is 14.8 Å². The normalized spacial score (nSPS) is 38.5. The average Bonchev–Trinajstić information content (AvgIpc) is 2.97. The van der Waals surface area contributed by atoms with Crippen molar-refractivity contribution in [2.75, 3.05) is 26.2 Å². The zero-order valence-electron chi connectivity index (χ0n) is 16.3. The summed E-state index contributed by atoms with van der Waals surface area (Å²) < 4.78 is 0. The minimum Gasteiger partial charge on any atom is -0.390 e. The lowest BCUT2D eigenvalue weighted by Gasteiger charge is -2.60. The first kappa shape index (κ1) is 18.1. The van der Waals surface area contributed by atoms with E-state index in [-0.39, 0.29) is 5.41 Å². The number of piperazine rings is 1. The molecule has 4 bridgehead atoms. The Morgan fingerprint density at radius 1 is 1.22 bits per heavy atom.